The van der Waals surface area contributed by atoms with Crippen LogP contribution in [0.25, 0.3) is 10.9 Å². The molecule has 4 N–H and O–H groups in total. The van der Waals surface area contributed by atoms with Gasteiger partial charge in [0.1, 0.15) is 11.6 Å². The second kappa shape index (κ2) is 10.9. The first-order valence-electron chi connectivity index (χ1n) is 12.0. The van der Waals surface area contributed by atoms with E-state index < -0.39 is 10.0 Å². The Bertz CT molecular complexity index is 1430. The van der Waals surface area contributed by atoms with Gasteiger partial charge in [0.25, 0.3) is 0 Å². The summed E-state index contributed by atoms with van der Waals surface area (Å²) in [4.78, 5) is 10.4. The number of sulfonamides is 1. The first-order valence-corrected chi connectivity index (χ1v) is 13.9. The van der Waals surface area contributed by atoms with E-state index in [9.17, 15) is 8.42 Å². The molecule has 3 heterocycles. The van der Waals surface area contributed by atoms with E-state index in [-0.39, 0.29) is 4.90 Å². The standard InChI is InChI=1S/C26H29ClN6O2S/c27-20-6-11-24-23(17-20)19(18-29-24)3-2-12-30-36(34,35)22-9-7-21(8-10-22)31-25-4-1-5-26(32-25)33-15-13-28-14-16-33/h1,4-11,17-18,28-30H,2-3,12-16H2,(H,31,32). The molecule has 4 aromatic rings. The van der Waals surface area contributed by atoms with E-state index in [1.165, 1.54) is 0 Å². The molecule has 0 amide bonds. The summed E-state index contributed by atoms with van der Waals surface area (Å²) < 4.78 is 28.2. The smallest absolute Gasteiger partial charge is 0.240 e. The van der Waals surface area contributed by atoms with E-state index in [0.717, 1.165) is 66.4 Å². The van der Waals surface area contributed by atoms with Gasteiger partial charge in [-0.3, -0.25) is 0 Å². The summed E-state index contributed by atoms with van der Waals surface area (Å²) >= 11 is 6.11. The van der Waals surface area contributed by atoms with Crippen LogP contribution >= 0.6 is 11.6 Å². The van der Waals surface area contributed by atoms with Crippen LogP contribution in [0, 0.1) is 0 Å². The molecule has 0 spiro atoms. The summed E-state index contributed by atoms with van der Waals surface area (Å²) in [6.07, 6.45) is 3.37. The number of hydrogen-bond donors (Lipinski definition) is 4. The van der Waals surface area contributed by atoms with Gasteiger partial charge in [-0.2, -0.15) is 0 Å². The minimum atomic E-state index is -3.60. The van der Waals surface area contributed by atoms with Crippen molar-refractivity contribution in [3.63, 3.8) is 0 Å². The van der Waals surface area contributed by atoms with Crippen molar-refractivity contribution in [3.05, 3.63) is 77.4 Å². The molecule has 1 aliphatic heterocycles. The highest BCUT2D eigenvalue weighted by molar-refractivity contribution is 7.89. The number of fused-ring (bicyclic) bond motifs is 1. The van der Waals surface area contributed by atoms with E-state index in [1.54, 1.807) is 24.3 Å². The van der Waals surface area contributed by atoms with E-state index >= 15 is 0 Å². The monoisotopic (exact) mass is 524 g/mol. The van der Waals surface area contributed by atoms with Gasteiger partial charge in [-0.15, -0.1) is 0 Å². The maximum Gasteiger partial charge on any atom is 0.240 e. The molecule has 1 saturated heterocycles. The van der Waals surface area contributed by atoms with Crippen molar-refractivity contribution >= 4 is 49.9 Å². The van der Waals surface area contributed by atoms with Crippen molar-refractivity contribution in [2.24, 2.45) is 0 Å². The molecular formula is C26H29ClN6O2S. The SMILES string of the molecule is O=S(=O)(NCCCc1c[nH]c2ccc(Cl)cc12)c1ccc(Nc2cccc(N3CCNCC3)n2)cc1. The van der Waals surface area contributed by atoms with Gasteiger partial charge in [-0.25, -0.2) is 18.1 Å². The molecule has 0 radical (unpaired) electrons. The normalized spacial score (nSPS) is 14.3. The van der Waals surface area contributed by atoms with E-state index in [4.69, 9.17) is 16.6 Å². The molecule has 0 saturated carbocycles. The lowest BCUT2D eigenvalue weighted by Crippen LogP contribution is -2.43. The Morgan fingerprint density at radius 3 is 2.64 bits per heavy atom. The number of halogens is 1. The van der Waals surface area contributed by atoms with Crippen molar-refractivity contribution < 1.29 is 8.42 Å². The molecule has 36 heavy (non-hydrogen) atoms. The van der Waals surface area contributed by atoms with Gasteiger partial charge in [0, 0.05) is 60.5 Å². The molecule has 0 atom stereocenters. The Hall–Kier alpha value is -3.11. The van der Waals surface area contributed by atoms with Crippen LogP contribution in [0.3, 0.4) is 0 Å². The number of anilines is 3. The quantitative estimate of drug-likeness (QED) is 0.244. The van der Waals surface area contributed by atoms with Crippen molar-refractivity contribution in [1.82, 2.24) is 20.0 Å². The van der Waals surface area contributed by atoms with Gasteiger partial charge in [-0.1, -0.05) is 17.7 Å². The minimum Gasteiger partial charge on any atom is -0.361 e. The number of piperazine rings is 1. The molecule has 1 aliphatic rings. The van der Waals surface area contributed by atoms with Gasteiger partial charge in [-0.05, 0) is 73.0 Å². The number of benzene rings is 2. The third-order valence-electron chi connectivity index (χ3n) is 6.26. The fourth-order valence-electron chi connectivity index (χ4n) is 4.35. The number of H-pyrrole nitrogens is 1. The summed E-state index contributed by atoms with van der Waals surface area (Å²) in [5.41, 5.74) is 2.92. The average Bonchev–Trinajstić information content (AvgIpc) is 3.29. The van der Waals surface area contributed by atoms with Crippen LogP contribution in [0.2, 0.25) is 5.02 Å². The third kappa shape index (κ3) is 5.82. The molecule has 5 rings (SSSR count). The van der Waals surface area contributed by atoms with Gasteiger partial charge in [0.15, 0.2) is 0 Å². The molecule has 0 unspecified atom stereocenters. The number of aryl methyl sites for hydroxylation is 1. The van der Waals surface area contributed by atoms with E-state index in [2.05, 4.69) is 25.2 Å². The maximum atomic E-state index is 12.8. The molecule has 2 aromatic heterocycles. The Morgan fingerprint density at radius 1 is 1.03 bits per heavy atom. The molecule has 2 aromatic carbocycles. The highest BCUT2D eigenvalue weighted by Crippen LogP contribution is 2.24. The lowest BCUT2D eigenvalue weighted by Gasteiger charge is -2.28. The Morgan fingerprint density at radius 2 is 1.83 bits per heavy atom. The van der Waals surface area contributed by atoms with Crippen LogP contribution in [-0.4, -0.2) is 51.1 Å². The Balaban J connectivity index is 1.16. The molecular weight excluding hydrogens is 496 g/mol. The predicted octanol–water partition coefficient (Wildman–Crippen LogP) is 4.28. The number of nitrogens with one attached hydrogen (secondary N) is 4. The van der Waals surface area contributed by atoms with Crippen molar-refractivity contribution in [3.8, 4) is 0 Å². The van der Waals surface area contributed by atoms with Crippen molar-refractivity contribution in [1.29, 1.82) is 0 Å². The number of aromatic nitrogens is 2. The molecule has 8 nitrogen and oxygen atoms in total. The fourth-order valence-corrected chi connectivity index (χ4v) is 5.60. The summed E-state index contributed by atoms with van der Waals surface area (Å²) in [6, 6.07) is 18.3. The number of pyridine rings is 1. The van der Waals surface area contributed by atoms with Gasteiger partial charge < -0.3 is 20.5 Å². The van der Waals surface area contributed by atoms with E-state index in [1.807, 2.05) is 42.6 Å². The second-order valence-corrected chi connectivity index (χ2v) is 11.0. The van der Waals surface area contributed by atoms with Crippen LogP contribution in [-0.2, 0) is 16.4 Å². The van der Waals surface area contributed by atoms with Crippen LogP contribution in [0.15, 0.2) is 71.8 Å². The zero-order chi connectivity index (χ0) is 25.0. The minimum absolute atomic E-state index is 0.231. The van der Waals surface area contributed by atoms with E-state index in [0.29, 0.717) is 18.0 Å². The highest BCUT2D eigenvalue weighted by Gasteiger charge is 2.15. The molecule has 0 aliphatic carbocycles. The molecule has 10 heteroatoms. The third-order valence-corrected chi connectivity index (χ3v) is 7.97. The van der Waals surface area contributed by atoms with Gasteiger partial charge in [0.2, 0.25) is 10.0 Å². The number of nitrogens with zero attached hydrogens (tertiary/aromatic N) is 2. The van der Waals surface area contributed by atoms with Crippen LogP contribution in [0.1, 0.15) is 12.0 Å². The largest absolute Gasteiger partial charge is 0.361 e. The van der Waals surface area contributed by atoms with Crippen LogP contribution in [0.4, 0.5) is 17.3 Å². The first kappa shape index (κ1) is 24.6. The molecule has 188 valence electrons. The average molecular weight is 525 g/mol. The summed E-state index contributed by atoms with van der Waals surface area (Å²) in [5, 5.41) is 8.37. The zero-order valence-corrected chi connectivity index (χ0v) is 21.4. The summed E-state index contributed by atoms with van der Waals surface area (Å²) in [5.74, 6) is 1.65. The Labute approximate surface area is 216 Å². The lowest BCUT2D eigenvalue weighted by molar-refractivity contribution is 0.579. The topological polar surface area (TPSA) is 102 Å². The number of aromatic amines is 1. The first-order chi connectivity index (χ1) is 17.5. The Kier molecular flexibility index (Phi) is 7.43. The summed E-state index contributed by atoms with van der Waals surface area (Å²) in [7, 11) is -3.60. The molecule has 1 fully saturated rings. The van der Waals surface area contributed by atoms with Crippen molar-refractivity contribution in [2.75, 3.05) is 42.9 Å². The van der Waals surface area contributed by atoms with Gasteiger partial charge >= 0.3 is 0 Å². The van der Waals surface area contributed by atoms with Crippen LogP contribution in [0.5, 0.6) is 0 Å². The number of hydrogen-bond acceptors (Lipinski definition) is 6. The lowest BCUT2D eigenvalue weighted by atomic mass is 10.1. The fraction of sp³-hybridized carbons (Fsp3) is 0.269. The van der Waals surface area contributed by atoms with Gasteiger partial charge in [0.05, 0.1) is 4.90 Å². The zero-order valence-electron chi connectivity index (χ0n) is 19.8. The second-order valence-electron chi connectivity index (χ2n) is 8.77. The predicted molar refractivity (Wildman–Crippen MR) is 146 cm³/mol. The summed E-state index contributed by atoms with van der Waals surface area (Å²) in [6.45, 7) is 4.08. The van der Waals surface area contributed by atoms with Crippen molar-refractivity contribution in [2.45, 2.75) is 17.7 Å². The molecule has 0 bridgehead atoms. The maximum absolute atomic E-state index is 12.8. The van der Waals surface area contributed by atoms with Crippen LogP contribution < -0.4 is 20.3 Å². The highest BCUT2D eigenvalue weighted by atomic mass is 35.5. The number of rotatable bonds is 9.